The van der Waals surface area contributed by atoms with Gasteiger partial charge in [-0.25, -0.2) is 0 Å². The highest BCUT2D eigenvalue weighted by atomic mass is 127. The molecular formula is C15H14INO. The van der Waals surface area contributed by atoms with Crippen LogP contribution in [0.4, 0.5) is 0 Å². The monoisotopic (exact) mass is 351 g/mol. The van der Waals surface area contributed by atoms with E-state index in [1.807, 2.05) is 60.7 Å². The quantitative estimate of drug-likeness (QED) is 0.663. The number of carbonyl (C=O) groups is 1. The second kappa shape index (κ2) is 6.54. The smallest absolute Gasteiger partial charge is 0.237 e. The first-order valence-electron chi connectivity index (χ1n) is 5.78. The fourth-order valence-corrected chi connectivity index (χ4v) is 2.28. The maximum atomic E-state index is 12.0. The number of hydrogen-bond donors (Lipinski definition) is 1. The molecule has 0 saturated carbocycles. The molecule has 0 spiro atoms. The summed E-state index contributed by atoms with van der Waals surface area (Å²) in [6.45, 7) is 0.575. The van der Waals surface area contributed by atoms with Crippen LogP contribution in [-0.2, 0) is 11.3 Å². The zero-order valence-electron chi connectivity index (χ0n) is 9.84. The minimum atomic E-state index is -0.146. The highest BCUT2D eigenvalue weighted by molar-refractivity contribution is 14.1. The fourth-order valence-electron chi connectivity index (χ4n) is 1.65. The molecule has 0 radical (unpaired) electrons. The van der Waals surface area contributed by atoms with Crippen molar-refractivity contribution in [3.8, 4) is 0 Å². The first-order chi connectivity index (χ1) is 8.77. The van der Waals surface area contributed by atoms with Crippen molar-refractivity contribution in [3.05, 3.63) is 71.8 Å². The Hall–Kier alpha value is -1.36. The van der Waals surface area contributed by atoms with E-state index >= 15 is 0 Å². The van der Waals surface area contributed by atoms with Gasteiger partial charge < -0.3 is 5.32 Å². The molecule has 0 bridgehead atoms. The molecule has 2 nitrogen and oxygen atoms in total. The Kier molecular flexibility index (Phi) is 4.75. The van der Waals surface area contributed by atoms with Crippen molar-refractivity contribution in [1.29, 1.82) is 0 Å². The van der Waals surface area contributed by atoms with Gasteiger partial charge in [-0.1, -0.05) is 83.3 Å². The molecule has 0 fully saturated rings. The van der Waals surface area contributed by atoms with Crippen LogP contribution in [0.1, 0.15) is 15.1 Å². The summed E-state index contributed by atoms with van der Waals surface area (Å²) in [7, 11) is 0. The van der Waals surface area contributed by atoms with E-state index in [0.717, 1.165) is 11.1 Å². The SMILES string of the molecule is O=C(NCc1ccccc1)C(I)c1ccccc1. The van der Waals surface area contributed by atoms with E-state index in [1.54, 1.807) is 0 Å². The summed E-state index contributed by atoms with van der Waals surface area (Å²) in [5.41, 5.74) is 2.14. The molecular weight excluding hydrogens is 337 g/mol. The molecule has 0 saturated heterocycles. The average Bonchev–Trinajstić information content (AvgIpc) is 2.46. The Labute approximate surface area is 121 Å². The molecule has 1 N–H and O–H groups in total. The number of halogens is 1. The van der Waals surface area contributed by atoms with Crippen LogP contribution in [-0.4, -0.2) is 5.91 Å². The number of hydrogen-bond acceptors (Lipinski definition) is 1. The van der Waals surface area contributed by atoms with Gasteiger partial charge in [0, 0.05) is 6.54 Å². The highest BCUT2D eigenvalue weighted by Crippen LogP contribution is 2.22. The van der Waals surface area contributed by atoms with Gasteiger partial charge in [0.25, 0.3) is 0 Å². The number of alkyl halides is 1. The van der Waals surface area contributed by atoms with Gasteiger partial charge in [-0.2, -0.15) is 0 Å². The summed E-state index contributed by atoms with van der Waals surface area (Å²) in [5.74, 6) is 0.0469. The summed E-state index contributed by atoms with van der Waals surface area (Å²) >= 11 is 2.16. The zero-order valence-corrected chi connectivity index (χ0v) is 12.0. The molecule has 0 heterocycles. The van der Waals surface area contributed by atoms with E-state index in [0.29, 0.717) is 6.54 Å². The molecule has 2 aromatic carbocycles. The molecule has 1 amide bonds. The Morgan fingerprint density at radius 2 is 1.56 bits per heavy atom. The maximum absolute atomic E-state index is 12.0. The van der Waals surface area contributed by atoms with Crippen molar-refractivity contribution in [1.82, 2.24) is 5.32 Å². The second-order valence-corrected chi connectivity index (χ2v) is 5.22. The number of carbonyl (C=O) groups excluding carboxylic acids is 1. The average molecular weight is 351 g/mol. The predicted molar refractivity (Wildman–Crippen MR) is 81.5 cm³/mol. The normalized spacial score (nSPS) is 11.8. The van der Waals surface area contributed by atoms with Crippen LogP contribution < -0.4 is 5.32 Å². The molecule has 0 aromatic heterocycles. The van der Waals surface area contributed by atoms with Crippen molar-refractivity contribution in [2.45, 2.75) is 10.5 Å². The van der Waals surface area contributed by atoms with Crippen LogP contribution in [0.25, 0.3) is 0 Å². The molecule has 92 valence electrons. The minimum absolute atomic E-state index is 0.0469. The maximum Gasteiger partial charge on any atom is 0.237 e. The van der Waals surface area contributed by atoms with E-state index in [4.69, 9.17) is 0 Å². The fraction of sp³-hybridized carbons (Fsp3) is 0.133. The number of amides is 1. The highest BCUT2D eigenvalue weighted by Gasteiger charge is 2.15. The van der Waals surface area contributed by atoms with Crippen LogP contribution in [0.3, 0.4) is 0 Å². The molecule has 1 atom stereocenters. The largest absolute Gasteiger partial charge is 0.351 e. The summed E-state index contributed by atoms with van der Waals surface area (Å²) in [4.78, 5) is 12.0. The van der Waals surface area contributed by atoms with Crippen LogP contribution in [0.15, 0.2) is 60.7 Å². The van der Waals surface area contributed by atoms with Gasteiger partial charge in [0.05, 0.1) is 0 Å². The van der Waals surface area contributed by atoms with Crippen LogP contribution in [0, 0.1) is 0 Å². The topological polar surface area (TPSA) is 29.1 Å². The van der Waals surface area contributed by atoms with Gasteiger partial charge in [-0.05, 0) is 11.1 Å². The molecule has 2 rings (SSSR count). The van der Waals surface area contributed by atoms with Gasteiger partial charge >= 0.3 is 0 Å². The standard InChI is InChI=1S/C15H14INO/c16-14(13-9-5-2-6-10-13)15(18)17-11-12-7-3-1-4-8-12/h1-10,14H,11H2,(H,17,18). The van der Waals surface area contributed by atoms with Crippen molar-refractivity contribution in [2.24, 2.45) is 0 Å². The Morgan fingerprint density at radius 3 is 2.17 bits per heavy atom. The van der Waals surface area contributed by atoms with Crippen LogP contribution >= 0.6 is 22.6 Å². The Bertz CT molecular complexity index is 498. The molecule has 0 aliphatic rings. The Morgan fingerprint density at radius 1 is 1.00 bits per heavy atom. The summed E-state index contributed by atoms with van der Waals surface area (Å²) < 4.78 is -0.146. The van der Waals surface area contributed by atoms with Crippen molar-refractivity contribution in [3.63, 3.8) is 0 Å². The molecule has 18 heavy (non-hydrogen) atoms. The van der Waals surface area contributed by atoms with E-state index in [9.17, 15) is 4.79 Å². The van der Waals surface area contributed by atoms with Gasteiger partial charge in [-0.15, -0.1) is 0 Å². The summed E-state index contributed by atoms with van der Waals surface area (Å²) in [5, 5.41) is 2.95. The van der Waals surface area contributed by atoms with Gasteiger partial charge in [-0.3, -0.25) is 4.79 Å². The third-order valence-corrected chi connectivity index (χ3v) is 3.92. The number of nitrogens with one attached hydrogen (secondary N) is 1. The van der Waals surface area contributed by atoms with Gasteiger partial charge in [0.2, 0.25) is 5.91 Å². The molecule has 3 heteroatoms. The van der Waals surface area contributed by atoms with Crippen LogP contribution in [0.5, 0.6) is 0 Å². The summed E-state index contributed by atoms with van der Waals surface area (Å²) in [6, 6.07) is 19.7. The molecule has 0 aliphatic heterocycles. The Balaban J connectivity index is 1.93. The lowest BCUT2D eigenvalue weighted by Gasteiger charge is -2.11. The first-order valence-corrected chi connectivity index (χ1v) is 7.02. The molecule has 2 aromatic rings. The van der Waals surface area contributed by atoms with E-state index < -0.39 is 0 Å². The number of benzene rings is 2. The van der Waals surface area contributed by atoms with Gasteiger partial charge in [0.1, 0.15) is 3.92 Å². The van der Waals surface area contributed by atoms with Gasteiger partial charge in [0.15, 0.2) is 0 Å². The molecule has 0 aliphatic carbocycles. The summed E-state index contributed by atoms with van der Waals surface area (Å²) in [6.07, 6.45) is 0. The number of rotatable bonds is 4. The van der Waals surface area contributed by atoms with E-state index in [2.05, 4.69) is 27.9 Å². The second-order valence-electron chi connectivity index (χ2n) is 3.98. The predicted octanol–water partition coefficient (Wildman–Crippen LogP) is 3.48. The van der Waals surface area contributed by atoms with Crippen molar-refractivity contribution >= 4 is 28.5 Å². The first kappa shape index (κ1) is 13.1. The third-order valence-electron chi connectivity index (χ3n) is 2.63. The lowest BCUT2D eigenvalue weighted by Crippen LogP contribution is -2.26. The minimum Gasteiger partial charge on any atom is -0.351 e. The van der Waals surface area contributed by atoms with E-state index in [-0.39, 0.29) is 9.83 Å². The van der Waals surface area contributed by atoms with Crippen LogP contribution in [0.2, 0.25) is 0 Å². The van der Waals surface area contributed by atoms with E-state index in [1.165, 1.54) is 0 Å². The molecule has 1 unspecified atom stereocenters. The third kappa shape index (κ3) is 3.57. The van der Waals surface area contributed by atoms with Crippen molar-refractivity contribution in [2.75, 3.05) is 0 Å². The lowest BCUT2D eigenvalue weighted by atomic mass is 10.1. The zero-order chi connectivity index (χ0) is 12.8. The van der Waals surface area contributed by atoms with Crippen molar-refractivity contribution < 1.29 is 4.79 Å². The lowest BCUT2D eigenvalue weighted by molar-refractivity contribution is -0.120.